The zero-order valence-electron chi connectivity index (χ0n) is 19.4. The number of carbonyl (C=O) groups is 3. The third-order valence-corrected chi connectivity index (χ3v) is 9.14. The van der Waals surface area contributed by atoms with E-state index in [2.05, 4.69) is 27.9 Å². The molecule has 35 heavy (non-hydrogen) atoms. The summed E-state index contributed by atoms with van der Waals surface area (Å²) < 4.78 is 30.2. The van der Waals surface area contributed by atoms with Crippen molar-refractivity contribution in [1.82, 2.24) is 4.31 Å². The summed E-state index contributed by atoms with van der Waals surface area (Å²) >= 11 is 2.14. The Morgan fingerprint density at radius 2 is 1.57 bits per heavy atom. The van der Waals surface area contributed by atoms with E-state index in [1.54, 1.807) is 24.3 Å². The molecule has 1 saturated heterocycles. The first-order valence-corrected chi connectivity index (χ1v) is 14.2. The summed E-state index contributed by atoms with van der Waals surface area (Å²) in [5.74, 6) is -1.18. The average molecular weight is 609 g/mol. The van der Waals surface area contributed by atoms with Gasteiger partial charge < -0.3 is 5.32 Å². The molecular formula is C25H28IN3O5S. The molecule has 1 aliphatic heterocycles. The molecule has 1 atom stereocenters. The van der Waals surface area contributed by atoms with Crippen molar-refractivity contribution in [2.45, 2.75) is 68.8 Å². The van der Waals surface area contributed by atoms with Gasteiger partial charge in [0.25, 0.3) is 5.91 Å². The number of sulfonamides is 1. The molecular weight excluding hydrogens is 581 g/mol. The Hall–Kier alpha value is -2.31. The first-order chi connectivity index (χ1) is 16.7. The Kier molecular flexibility index (Phi) is 7.92. The molecule has 0 aromatic heterocycles. The summed E-state index contributed by atoms with van der Waals surface area (Å²) in [7, 11) is -4.09. The summed E-state index contributed by atoms with van der Waals surface area (Å²) in [4.78, 5) is 39.0. The minimum absolute atomic E-state index is 0.0313. The van der Waals surface area contributed by atoms with Gasteiger partial charge in [0.15, 0.2) is 0 Å². The number of carbonyl (C=O) groups excluding carboxylic acids is 3. The van der Waals surface area contributed by atoms with Crippen LogP contribution in [0.5, 0.6) is 0 Å². The Bertz CT molecular complexity index is 1210. The molecule has 1 aliphatic carbocycles. The highest BCUT2D eigenvalue weighted by Gasteiger charge is 2.49. The zero-order chi connectivity index (χ0) is 25.2. The Balaban J connectivity index is 1.71. The summed E-state index contributed by atoms with van der Waals surface area (Å²) in [5, 5.41) is 2.63. The number of rotatable bonds is 6. The number of anilines is 2. The number of imide groups is 1. The van der Waals surface area contributed by atoms with Crippen molar-refractivity contribution in [3.8, 4) is 0 Å². The van der Waals surface area contributed by atoms with Gasteiger partial charge in [-0.3, -0.25) is 14.4 Å². The van der Waals surface area contributed by atoms with Crippen molar-refractivity contribution >= 4 is 61.7 Å². The fraction of sp³-hybridized carbons (Fsp3) is 0.400. The topological polar surface area (TPSA) is 104 Å². The summed E-state index contributed by atoms with van der Waals surface area (Å²) in [6, 6.07) is 11.5. The third-order valence-electron chi connectivity index (χ3n) is 6.45. The van der Waals surface area contributed by atoms with E-state index < -0.39 is 27.9 Å². The van der Waals surface area contributed by atoms with Gasteiger partial charge >= 0.3 is 0 Å². The second-order valence-corrected chi connectivity index (χ2v) is 12.0. The number of hydrogen-bond donors (Lipinski definition) is 1. The first-order valence-electron chi connectivity index (χ1n) is 11.7. The van der Waals surface area contributed by atoms with E-state index in [0.29, 0.717) is 24.2 Å². The van der Waals surface area contributed by atoms with Crippen LogP contribution in [0, 0.1) is 3.57 Å². The molecule has 186 valence electrons. The summed E-state index contributed by atoms with van der Waals surface area (Å²) in [6.07, 6.45) is 4.87. The van der Waals surface area contributed by atoms with Crippen LogP contribution in [0.3, 0.4) is 0 Å². The Labute approximate surface area is 219 Å². The van der Waals surface area contributed by atoms with E-state index in [1.807, 2.05) is 0 Å². The molecule has 1 heterocycles. The van der Waals surface area contributed by atoms with Gasteiger partial charge in [0.05, 0.1) is 17.0 Å². The highest BCUT2D eigenvalue weighted by Crippen LogP contribution is 2.35. The van der Waals surface area contributed by atoms with Gasteiger partial charge in [-0.25, -0.2) is 13.3 Å². The van der Waals surface area contributed by atoms with E-state index in [9.17, 15) is 22.8 Å². The second kappa shape index (κ2) is 10.8. The normalized spacial score (nSPS) is 19.7. The van der Waals surface area contributed by atoms with Crippen LogP contribution >= 0.6 is 22.6 Å². The van der Waals surface area contributed by atoms with E-state index in [4.69, 9.17) is 0 Å². The zero-order valence-corrected chi connectivity index (χ0v) is 22.4. The van der Waals surface area contributed by atoms with Crippen LogP contribution < -0.4 is 10.2 Å². The lowest BCUT2D eigenvalue weighted by atomic mass is 10.1. The van der Waals surface area contributed by atoms with Crippen LogP contribution in [0.1, 0.15) is 51.9 Å². The predicted molar refractivity (Wildman–Crippen MR) is 141 cm³/mol. The van der Waals surface area contributed by atoms with Crippen LogP contribution in [-0.2, 0) is 24.4 Å². The van der Waals surface area contributed by atoms with E-state index in [-0.39, 0.29) is 23.3 Å². The van der Waals surface area contributed by atoms with Crippen molar-refractivity contribution in [2.24, 2.45) is 0 Å². The minimum atomic E-state index is -4.09. The maximum absolute atomic E-state index is 14.0. The second-order valence-electron chi connectivity index (χ2n) is 8.95. The number of nitrogens with one attached hydrogen (secondary N) is 1. The number of benzene rings is 2. The minimum Gasteiger partial charge on any atom is -0.326 e. The van der Waals surface area contributed by atoms with Gasteiger partial charge in [-0.05, 0) is 84.0 Å². The quantitative estimate of drug-likeness (QED) is 0.299. The molecule has 2 aliphatic rings. The van der Waals surface area contributed by atoms with E-state index in [0.717, 1.165) is 34.2 Å². The summed E-state index contributed by atoms with van der Waals surface area (Å²) in [5.41, 5.74) is 0.926. The maximum Gasteiger partial charge on any atom is 0.252 e. The molecule has 0 spiro atoms. The fourth-order valence-corrected chi connectivity index (χ4v) is 7.03. The lowest BCUT2D eigenvalue weighted by molar-refractivity contribution is -0.122. The fourth-order valence-electron chi connectivity index (χ4n) is 4.84. The first kappa shape index (κ1) is 25.8. The maximum atomic E-state index is 14.0. The molecule has 1 unspecified atom stereocenters. The molecule has 2 aromatic rings. The van der Waals surface area contributed by atoms with Gasteiger partial charge in [-0.1, -0.05) is 25.7 Å². The lowest BCUT2D eigenvalue weighted by Crippen LogP contribution is -2.50. The third kappa shape index (κ3) is 5.59. The largest absolute Gasteiger partial charge is 0.326 e. The molecule has 0 radical (unpaired) electrons. The highest BCUT2D eigenvalue weighted by atomic mass is 127. The molecule has 1 saturated carbocycles. The molecule has 2 fully saturated rings. The van der Waals surface area contributed by atoms with E-state index in [1.165, 1.54) is 35.5 Å². The van der Waals surface area contributed by atoms with Crippen molar-refractivity contribution in [2.75, 3.05) is 10.2 Å². The number of halogens is 1. The van der Waals surface area contributed by atoms with Gasteiger partial charge in [-0.15, -0.1) is 0 Å². The van der Waals surface area contributed by atoms with Gasteiger partial charge in [-0.2, -0.15) is 4.31 Å². The standard InChI is InChI=1S/C25H28IN3O5S/c1-17(30)27-19-10-14-22(15-11-19)35(33,34)29(21-6-4-2-3-5-7-21)23-16-24(31)28(25(23)32)20-12-8-18(26)9-13-20/h8-15,21,23H,2-7,16H2,1H3,(H,27,30). The van der Waals surface area contributed by atoms with Crippen molar-refractivity contribution < 1.29 is 22.8 Å². The lowest BCUT2D eigenvalue weighted by Gasteiger charge is -2.34. The van der Waals surface area contributed by atoms with Crippen LogP contribution in [-0.4, -0.2) is 42.5 Å². The molecule has 8 nitrogen and oxygen atoms in total. The van der Waals surface area contributed by atoms with Crippen molar-refractivity contribution in [3.63, 3.8) is 0 Å². The van der Waals surface area contributed by atoms with Crippen LogP contribution in [0.15, 0.2) is 53.4 Å². The number of nitrogens with zero attached hydrogens (tertiary/aromatic N) is 2. The number of hydrogen-bond acceptors (Lipinski definition) is 5. The SMILES string of the molecule is CC(=O)Nc1ccc(S(=O)(=O)N(C2CCCCCC2)C2CC(=O)N(c3ccc(I)cc3)C2=O)cc1. The van der Waals surface area contributed by atoms with E-state index >= 15 is 0 Å². The van der Waals surface area contributed by atoms with Crippen LogP contribution in [0.25, 0.3) is 0 Å². The highest BCUT2D eigenvalue weighted by molar-refractivity contribution is 14.1. The molecule has 4 rings (SSSR count). The Morgan fingerprint density at radius 3 is 2.14 bits per heavy atom. The van der Waals surface area contributed by atoms with Crippen LogP contribution in [0.4, 0.5) is 11.4 Å². The molecule has 2 aromatic carbocycles. The predicted octanol–water partition coefficient (Wildman–Crippen LogP) is 4.30. The average Bonchev–Trinajstić information content (AvgIpc) is 2.97. The number of amides is 3. The van der Waals surface area contributed by atoms with Gasteiger partial charge in [0, 0.05) is 22.2 Å². The van der Waals surface area contributed by atoms with Crippen LogP contribution in [0.2, 0.25) is 0 Å². The van der Waals surface area contributed by atoms with Crippen molar-refractivity contribution in [1.29, 1.82) is 0 Å². The van der Waals surface area contributed by atoms with Gasteiger partial charge in [0.2, 0.25) is 21.8 Å². The molecule has 10 heteroatoms. The Morgan fingerprint density at radius 1 is 0.971 bits per heavy atom. The molecule has 1 N–H and O–H groups in total. The molecule has 3 amide bonds. The molecule has 0 bridgehead atoms. The summed E-state index contributed by atoms with van der Waals surface area (Å²) in [6.45, 7) is 1.38. The van der Waals surface area contributed by atoms with Gasteiger partial charge in [0.1, 0.15) is 6.04 Å². The smallest absolute Gasteiger partial charge is 0.252 e. The monoisotopic (exact) mass is 609 g/mol. The van der Waals surface area contributed by atoms with Crippen molar-refractivity contribution in [3.05, 3.63) is 52.1 Å².